The minimum Gasteiger partial charge on any atom is -0.454 e. The fourth-order valence-electron chi connectivity index (χ4n) is 8.01. The average Bonchev–Trinajstić information content (AvgIpc) is 3.67. The molecule has 0 radical (unpaired) electrons. The Morgan fingerprint density at radius 3 is 1.52 bits per heavy atom. The number of aromatic nitrogens is 3. The Morgan fingerprint density at radius 1 is 0.328 bits per heavy atom. The molecule has 11 aromatic rings. The van der Waals surface area contributed by atoms with Crippen LogP contribution in [0.25, 0.3) is 88.8 Å². The van der Waals surface area contributed by atoms with E-state index in [0.717, 1.165) is 72.0 Å². The van der Waals surface area contributed by atoms with Gasteiger partial charge in [0, 0.05) is 44.2 Å². The highest BCUT2D eigenvalue weighted by Gasteiger charge is 2.24. The zero-order valence-corrected chi connectivity index (χ0v) is 31.3. The second kappa shape index (κ2) is 14.0. The molecule has 0 amide bonds. The van der Waals surface area contributed by atoms with E-state index in [1.54, 1.807) is 0 Å². The van der Waals surface area contributed by atoms with E-state index in [1.807, 2.05) is 72.8 Å². The second-order valence-electron chi connectivity index (χ2n) is 14.5. The van der Waals surface area contributed by atoms with Gasteiger partial charge in [-0.05, 0) is 75.8 Å². The van der Waals surface area contributed by atoms with Crippen molar-refractivity contribution in [2.75, 3.05) is 4.90 Å². The van der Waals surface area contributed by atoms with E-state index in [1.165, 1.54) is 16.3 Å². The van der Waals surface area contributed by atoms with Gasteiger partial charge in [0.25, 0.3) is 0 Å². The Hall–Kier alpha value is -7.89. The maximum atomic E-state index is 6.98. The molecule has 0 saturated heterocycles. The van der Waals surface area contributed by atoms with Crippen LogP contribution in [0.1, 0.15) is 0 Å². The van der Waals surface area contributed by atoms with Crippen molar-refractivity contribution in [1.82, 2.24) is 15.0 Å². The van der Waals surface area contributed by atoms with E-state index < -0.39 is 0 Å². The molecule has 0 atom stereocenters. The maximum Gasteiger partial charge on any atom is 0.164 e. The Kier molecular flexibility index (Phi) is 8.07. The molecule has 5 nitrogen and oxygen atoms in total. The highest BCUT2D eigenvalue weighted by atomic mass is 16.3. The topological polar surface area (TPSA) is 55.1 Å². The van der Waals surface area contributed by atoms with Gasteiger partial charge in [-0.25, -0.2) is 15.0 Å². The number of furan rings is 1. The van der Waals surface area contributed by atoms with Gasteiger partial charge in [-0.1, -0.05) is 158 Å². The van der Waals surface area contributed by atoms with Crippen molar-refractivity contribution in [2.24, 2.45) is 0 Å². The molecule has 0 unspecified atom stereocenters. The Balaban J connectivity index is 1.14. The predicted molar refractivity (Wildman–Crippen MR) is 239 cm³/mol. The van der Waals surface area contributed by atoms with Crippen molar-refractivity contribution >= 4 is 60.5 Å². The largest absolute Gasteiger partial charge is 0.454 e. The molecule has 0 N–H and O–H groups in total. The summed E-state index contributed by atoms with van der Waals surface area (Å²) in [6.07, 6.45) is 0. The predicted octanol–water partition coefficient (Wildman–Crippen LogP) is 14.2. The lowest BCUT2D eigenvalue weighted by Crippen LogP contribution is -2.11. The summed E-state index contributed by atoms with van der Waals surface area (Å²) in [7, 11) is 0. The van der Waals surface area contributed by atoms with E-state index in [9.17, 15) is 0 Å². The monoisotopic (exact) mass is 742 g/mol. The van der Waals surface area contributed by atoms with Crippen LogP contribution in [0.2, 0.25) is 0 Å². The van der Waals surface area contributed by atoms with Gasteiger partial charge >= 0.3 is 0 Å². The van der Waals surface area contributed by atoms with Crippen LogP contribution in [0.4, 0.5) is 17.1 Å². The van der Waals surface area contributed by atoms with Crippen molar-refractivity contribution in [3.8, 4) is 45.3 Å². The van der Waals surface area contributed by atoms with Gasteiger partial charge in [0.15, 0.2) is 23.1 Å². The minimum absolute atomic E-state index is 0.598. The second-order valence-corrected chi connectivity index (χ2v) is 14.5. The third-order valence-electron chi connectivity index (χ3n) is 10.9. The Bertz CT molecular complexity index is 3210. The smallest absolute Gasteiger partial charge is 0.164 e. The van der Waals surface area contributed by atoms with Gasteiger partial charge in [0.2, 0.25) is 0 Å². The van der Waals surface area contributed by atoms with E-state index in [0.29, 0.717) is 17.5 Å². The summed E-state index contributed by atoms with van der Waals surface area (Å²) in [5.41, 5.74) is 9.71. The molecule has 58 heavy (non-hydrogen) atoms. The maximum absolute atomic E-state index is 6.98. The molecule has 9 aromatic carbocycles. The van der Waals surface area contributed by atoms with E-state index in [2.05, 4.69) is 138 Å². The molecule has 11 rings (SSSR count). The van der Waals surface area contributed by atoms with Gasteiger partial charge in [-0.2, -0.15) is 0 Å². The minimum atomic E-state index is 0.598. The van der Waals surface area contributed by atoms with Crippen LogP contribution in [-0.2, 0) is 0 Å². The van der Waals surface area contributed by atoms with Crippen LogP contribution < -0.4 is 4.90 Å². The normalized spacial score (nSPS) is 11.4. The number of nitrogens with zero attached hydrogens (tertiary/aromatic N) is 4. The molecular formula is C53H34N4O. The molecule has 0 aliphatic heterocycles. The zero-order chi connectivity index (χ0) is 38.4. The van der Waals surface area contributed by atoms with Crippen LogP contribution in [0, 0.1) is 0 Å². The lowest BCUT2D eigenvalue weighted by atomic mass is 10.00. The lowest BCUT2D eigenvalue weighted by molar-refractivity contribution is 0.669. The third kappa shape index (κ3) is 5.94. The molecule has 2 aromatic heterocycles. The van der Waals surface area contributed by atoms with Gasteiger partial charge in [0.1, 0.15) is 5.58 Å². The van der Waals surface area contributed by atoms with Crippen LogP contribution in [0.5, 0.6) is 0 Å². The number of hydrogen-bond acceptors (Lipinski definition) is 5. The molecule has 0 aliphatic carbocycles. The standard InChI is InChI=1S/C53H34N4O/c1-4-14-35(15-5-1)37-24-28-43(29-25-37)57(44-30-26-36-16-10-11-21-40(36)32-44)49-45-23-13-12-22-41(45)33-47-46-34-42(27-31-48(46)58-50(47)49)53-55-51(38-17-6-2-7-18-38)54-52(56-53)39-19-8-3-9-20-39/h1-34H. The zero-order valence-electron chi connectivity index (χ0n) is 31.3. The van der Waals surface area contributed by atoms with Crippen molar-refractivity contribution < 1.29 is 4.42 Å². The van der Waals surface area contributed by atoms with Gasteiger partial charge in [0.05, 0.1) is 5.69 Å². The summed E-state index contributed by atoms with van der Waals surface area (Å²) in [4.78, 5) is 17.3. The molecule has 0 spiro atoms. The summed E-state index contributed by atoms with van der Waals surface area (Å²) in [5, 5.41) is 6.56. The van der Waals surface area contributed by atoms with E-state index >= 15 is 0 Å². The first-order chi connectivity index (χ1) is 28.7. The first kappa shape index (κ1) is 33.4. The molecule has 5 heteroatoms. The van der Waals surface area contributed by atoms with Crippen LogP contribution in [0.15, 0.2) is 211 Å². The fourth-order valence-corrected chi connectivity index (χ4v) is 8.01. The van der Waals surface area contributed by atoms with Gasteiger partial charge < -0.3 is 9.32 Å². The fraction of sp³-hybridized carbons (Fsp3) is 0. The van der Waals surface area contributed by atoms with Crippen molar-refractivity contribution in [2.45, 2.75) is 0 Å². The van der Waals surface area contributed by atoms with E-state index in [4.69, 9.17) is 19.4 Å². The highest BCUT2D eigenvalue weighted by molar-refractivity contribution is 6.19. The summed E-state index contributed by atoms with van der Waals surface area (Å²) >= 11 is 0. The van der Waals surface area contributed by atoms with Crippen molar-refractivity contribution in [3.05, 3.63) is 206 Å². The summed E-state index contributed by atoms with van der Waals surface area (Å²) < 4.78 is 6.98. The summed E-state index contributed by atoms with van der Waals surface area (Å²) in [6.45, 7) is 0. The number of fused-ring (bicyclic) bond motifs is 5. The molecule has 2 heterocycles. The lowest BCUT2D eigenvalue weighted by Gasteiger charge is -2.27. The van der Waals surface area contributed by atoms with Crippen LogP contribution in [-0.4, -0.2) is 15.0 Å². The molecular weight excluding hydrogens is 709 g/mol. The van der Waals surface area contributed by atoms with Gasteiger partial charge in [-0.3, -0.25) is 0 Å². The first-order valence-electron chi connectivity index (χ1n) is 19.4. The van der Waals surface area contributed by atoms with Crippen LogP contribution in [0.3, 0.4) is 0 Å². The van der Waals surface area contributed by atoms with Gasteiger partial charge in [-0.15, -0.1) is 0 Å². The first-order valence-corrected chi connectivity index (χ1v) is 19.4. The number of benzene rings is 9. The third-order valence-corrected chi connectivity index (χ3v) is 10.9. The van der Waals surface area contributed by atoms with Crippen LogP contribution >= 0.6 is 0 Å². The Labute approximate surface area is 335 Å². The van der Waals surface area contributed by atoms with Crippen molar-refractivity contribution in [1.29, 1.82) is 0 Å². The summed E-state index contributed by atoms with van der Waals surface area (Å²) in [6, 6.07) is 71.7. The van der Waals surface area contributed by atoms with Crippen molar-refractivity contribution in [3.63, 3.8) is 0 Å². The number of hydrogen-bond donors (Lipinski definition) is 0. The average molecular weight is 743 g/mol. The number of rotatable bonds is 7. The highest BCUT2D eigenvalue weighted by Crippen LogP contribution is 2.47. The Morgan fingerprint density at radius 2 is 0.845 bits per heavy atom. The molecule has 272 valence electrons. The van der Waals surface area contributed by atoms with E-state index in [-0.39, 0.29) is 0 Å². The molecule has 0 aliphatic rings. The molecule has 0 saturated carbocycles. The summed E-state index contributed by atoms with van der Waals surface area (Å²) in [5.74, 6) is 1.85. The molecule has 0 fully saturated rings. The quantitative estimate of drug-likeness (QED) is 0.163. The molecule has 0 bridgehead atoms. The number of anilines is 3. The SMILES string of the molecule is c1ccc(-c2ccc(N(c3ccc4ccccc4c3)c3c4ccccc4cc4c3oc3ccc(-c5nc(-c6ccccc6)nc(-c6ccccc6)n5)cc34)cc2)cc1.